The van der Waals surface area contributed by atoms with Crippen LogP contribution >= 0.6 is 23.4 Å². The van der Waals surface area contributed by atoms with Crippen molar-refractivity contribution in [3.63, 3.8) is 0 Å². The molecule has 1 aromatic heterocycles. The zero-order valence-electron chi connectivity index (χ0n) is 16.6. The Kier molecular flexibility index (Phi) is 5.74. The van der Waals surface area contributed by atoms with Gasteiger partial charge in [-0.15, -0.1) is 0 Å². The summed E-state index contributed by atoms with van der Waals surface area (Å²) in [5.74, 6) is 0.524. The van der Waals surface area contributed by atoms with Crippen LogP contribution in [0.25, 0.3) is 0 Å². The molecule has 0 saturated carbocycles. The second-order valence-corrected chi connectivity index (χ2v) is 9.43. The third kappa shape index (κ3) is 4.38. The number of benzene rings is 1. The number of likely N-dealkylation sites (tertiary alicyclic amines) is 1. The SMILES string of the molecule is Cc1nccc(S/C(N)=C/N=C(N)N2CCC3(CC2)Cc2ccccc2C3)c1Cl. The standard InChI is InChI=1S/C22H26ClN5S/c1-15-20(23)18(6-9-26-15)29-19(24)14-27-21(25)28-10-7-22(8-11-28)12-16-4-2-3-5-17(16)13-22/h2-6,9,14H,7-8,10-13,24H2,1H3,(H2,25,27)/b19-14+. The van der Waals surface area contributed by atoms with Crippen molar-refractivity contribution in [1.82, 2.24) is 9.88 Å². The van der Waals surface area contributed by atoms with E-state index in [1.54, 1.807) is 12.4 Å². The minimum atomic E-state index is 0.390. The van der Waals surface area contributed by atoms with Crippen molar-refractivity contribution in [1.29, 1.82) is 0 Å². The van der Waals surface area contributed by atoms with E-state index in [1.807, 2.05) is 13.0 Å². The van der Waals surface area contributed by atoms with Crippen LogP contribution < -0.4 is 11.5 Å². The van der Waals surface area contributed by atoms with Crippen LogP contribution in [-0.4, -0.2) is 28.9 Å². The molecule has 2 aromatic rings. The molecule has 7 heteroatoms. The first kappa shape index (κ1) is 20.1. The lowest BCUT2D eigenvalue weighted by Crippen LogP contribution is -2.46. The molecule has 1 fully saturated rings. The predicted octanol–water partition coefficient (Wildman–Crippen LogP) is 4.09. The number of guanidine groups is 1. The Labute approximate surface area is 181 Å². The van der Waals surface area contributed by atoms with Crippen LogP contribution in [0.5, 0.6) is 0 Å². The number of aliphatic imine (C=N–C) groups is 1. The van der Waals surface area contributed by atoms with Crippen molar-refractivity contribution < 1.29 is 0 Å². The van der Waals surface area contributed by atoms with Crippen molar-refractivity contribution in [2.24, 2.45) is 21.9 Å². The summed E-state index contributed by atoms with van der Waals surface area (Å²) in [6.45, 7) is 3.73. The van der Waals surface area contributed by atoms with Gasteiger partial charge < -0.3 is 16.4 Å². The number of fused-ring (bicyclic) bond motifs is 1. The van der Waals surface area contributed by atoms with Crippen molar-refractivity contribution >= 4 is 29.3 Å². The van der Waals surface area contributed by atoms with E-state index in [2.05, 4.69) is 39.1 Å². The zero-order chi connectivity index (χ0) is 20.4. The third-order valence-electron chi connectivity index (χ3n) is 5.98. The van der Waals surface area contributed by atoms with E-state index in [-0.39, 0.29) is 0 Å². The quantitative estimate of drug-likeness (QED) is 0.438. The molecule has 4 N–H and O–H groups in total. The lowest BCUT2D eigenvalue weighted by atomic mass is 9.76. The van der Waals surface area contributed by atoms with Crippen LogP contribution in [-0.2, 0) is 12.8 Å². The molecule has 1 spiro atoms. The number of rotatable bonds is 3. The highest BCUT2D eigenvalue weighted by Crippen LogP contribution is 2.44. The van der Waals surface area contributed by atoms with Gasteiger partial charge in [-0.25, -0.2) is 4.99 Å². The molecule has 0 radical (unpaired) electrons. The summed E-state index contributed by atoms with van der Waals surface area (Å²) in [6, 6.07) is 10.7. The summed E-state index contributed by atoms with van der Waals surface area (Å²) in [4.78, 5) is 11.6. The summed E-state index contributed by atoms with van der Waals surface area (Å²) >= 11 is 7.65. The first-order valence-corrected chi connectivity index (χ1v) is 11.0. The molecular formula is C22H26ClN5S. The van der Waals surface area contributed by atoms with E-state index in [0.717, 1.165) is 36.5 Å². The summed E-state index contributed by atoms with van der Waals surface area (Å²) in [5, 5.41) is 1.16. The number of aromatic nitrogens is 1. The number of hydrogen-bond donors (Lipinski definition) is 2. The smallest absolute Gasteiger partial charge is 0.195 e. The number of aryl methyl sites for hydroxylation is 1. The number of piperidine rings is 1. The molecule has 29 heavy (non-hydrogen) atoms. The number of pyridine rings is 1. The molecule has 152 valence electrons. The minimum Gasteiger partial charge on any atom is -0.392 e. The number of hydrogen-bond acceptors (Lipinski definition) is 4. The minimum absolute atomic E-state index is 0.390. The van der Waals surface area contributed by atoms with Gasteiger partial charge >= 0.3 is 0 Å². The molecule has 1 aromatic carbocycles. The molecule has 0 bridgehead atoms. The Morgan fingerprint density at radius 1 is 1.17 bits per heavy atom. The van der Waals surface area contributed by atoms with Gasteiger partial charge in [-0.05, 0) is 55.2 Å². The van der Waals surface area contributed by atoms with Crippen molar-refractivity contribution in [2.45, 2.75) is 37.5 Å². The van der Waals surface area contributed by atoms with Crippen LogP contribution in [0.3, 0.4) is 0 Å². The largest absolute Gasteiger partial charge is 0.392 e. The van der Waals surface area contributed by atoms with E-state index in [0.29, 0.717) is 21.4 Å². The predicted molar refractivity (Wildman–Crippen MR) is 121 cm³/mol. The normalized spacial score (nSPS) is 18.9. The van der Waals surface area contributed by atoms with Gasteiger partial charge in [0.1, 0.15) is 0 Å². The van der Waals surface area contributed by atoms with Gasteiger partial charge in [0.2, 0.25) is 0 Å². The van der Waals surface area contributed by atoms with Crippen LogP contribution in [0, 0.1) is 12.3 Å². The van der Waals surface area contributed by atoms with Gasteiger partial charge in [0.25, 0.3) is 0 Å². The van der Waals surface area contributed by atoms with E-state index in [1.165, 1.54) is 35.7 Å². The highest BCUT2D eigenvalue weighted by molar-refractivity contribution is 8.03. The number of nitrogens with two attached hydrogens (primary N) is 2. The average molecular weight is 428 g/mol. The monoisotopic (exact) mass is 427 g/mol. The Bertz CT molecular complexity index is 936. The Morgan fingerprint density at radius 2 is 1.83 bits per heavy atom. The lowest BCUT2D eigenvalue weighted by molar-refractivity contribution is 0.157. The van der Waals surface area contributed by atoms with Gasteiger partial charge in [-0.3, -0.25) is 4.98 Å². The van der Waals surface area contributed by atoms with Crippen LogP contribution in [0.2, 0.25) is 5.02 Å². The number of nitrogens with zero attached hydrogens (tertiary/aromatic N) is 3. The Morgan fingerprint density at radius 3 is 2.48 bits per heavy atom. The van der Waals surface area contributed by atoms with Crippen LogP contribution in [0.4, 0.5) is 0 Å². The highest BCUT2D eigenvalue weighted by atomic mass is 35.5. The molecule has 4 rings (SSSR count). The maximum Gasteiger partial charge on any atom is 0.195 e. The summed E-state index contributed by atoms with van der Waals surface area (Å²) in [6.07, 6.45) is 7.98. The van der Waals surface area contributed by atoms with E-state index in [9.17, 15) is 0 Å². The summed E-state index contributed by atoms with van der Waals surface area (Å²) < 4.78 is 0. The maximum absolute atomic E-state index is 6.28. The van der Waals surface area contributed by atoms with Gasteiger partial charge in [-0.2, -0.15) is 0 Å². The maximum atomic E-state index is 6.28. The first-order valence-electron chi connectivity index (χ1n) is 9.85. The summed E-state index contributed by atoms with van der Waals surface area (Å²) in [7, 11) is 0. The molecule has 2 aliphatic rings. The van der Waals surface area contributed by atoms with Gasteiger partial charge in [0.05, 0.1) is 21.9 Å². The molecule has 1 aliphatic heterocycles. The van der Waals surface area contributed by atoms with E-state index < -0.39 is 0 Å². The van der Waals surface area contributed by atoms with Gasteiger partial charge in [0, 0.05) is 24.2 Å². The topological polar surface area (TPSA) is 80.5 Å². The van der Waals surface area contributed by atoms with Gasteiger partial charge in [-0.1, -0.05) is 47.6 Å². The fourth-order valence-electron chi connectivity index (χ4n) is 4.31. The van der Waals surface area contributed by atoms with Crippen molar-refractivity contribution in [3.8, 4) is 0 Å². The summed E-state index contributed by atoms with van der Waals surface area (Å²) in [5.41, 5.74) is 16.6. The van der Waals surface area contributed by atoms with Crippen molar-refractivity contribution in [3.05, 3.63) is 69.6 Å². The van der Waals surface area contributed by atoms with Crippen LogP contribution in [0.1, 0.15) is 29.7 Å². The second kappa shape index (κ2) is 8.28. The molecular weight excluding hydrogens is 402 g/mol. The first-order chi connectivity index (χ1) is 14.0. The third-order valence-corrected chi connectivity index (χ3v) is 7.47. The van der Waals surface area contributed by atoms with Crippen LogP contribution in [0.15, 0.2) is 57.6 Å². The molecule has 0 unspecified atom stereocenters. The average Bonchev–Trinajstić information content (AvgIpc) is 3.07. The van der Waals surface area contributed by atoms with Crippen molar-refractivity contribution in [2.75, 3.05) is 13.1 Å². The van der Waals surface area contributed by atoms with E-state index >= 15 is 0 Å². The molecule has 1 aliphatic carbocycles. The molecule has 1 saturated heterocycles. The second-order valence-electron chi connectivity index (χ2n) is 7.94. The molecule has 0 atom stereocenters. The fourth-order valence-corrected chi connectivity index (χ4v) is 5.26. The molecule has 5 nitrogen and oxygen atoms in total. The molecule has 0 amide bonds. The van der Waals surface area contributed by atoms with Gasteiger partial charge in [0.15, 0.2) is 5.96 Å². The Balaban J connectivity index is 1.36. The lowest BCUT2D eigenvalue weighted by Gasteiger charge is -2.39. The number of thioether (sulfide) groups is 1. The Hall–Kier alpha value is -2.18. The zero-order valence-corrected chi connectivity index (χ0v) is 18.1. The molecule has 2 heterocycles. The van der Waals surface area contributed by atoms with E-state index in [4.69, 9.17) is 23.1 Å². The fraction of sp³-hybridized carbons (Fsp3) is 0.364. The number of halogens is 1. The highest BCUT2D eigenvalue weighted by Gasteiger charge is 2.39.